The van der Waals surface area contributed by atoms with E-state index in [9.17, 15) is 9.18 Å². The molecule has 1 aromatic carbocycles. The quantitative estimate of drug-likeness (QED) is 0.919. The van der Waals surface area contributed by atoms with Crippen LogP contribution < -0.4 is 11.3 Å². The van der Waals surface area contributed by atoms with E-state index in [0.29, 0.717) is 15.7 Å². The van der Waals surface area contributed by atoms with Gasteiger partial charge in [-0.3, -0.25) is 4.79 Å². The van der Waals surface area contributed by atoms with Gasteiger partial charge < -0.3 is 5.73 Å². The number of nitrogens with two attached hydrogens (primary N) is 1. The molecule has 0 bridgehead atoms. The van der Waals surface area contributed by atoms with Crippen LogP contribution in [-0.4, -0.2) is 9.78 Å². The van der Waals surface area contributed by atoms with Gasteiger partial charge >= 0.3 is 0 Å². The zero-order chi connectivity index (χ0) is 12.4. The summed E-state index contributed by atoms with van der Waals surface area (Å²) in [7, 11) is 0. The van der Waals surface area contributed by atoms with Crippen LogP contribution >= 0.6 is 15.9 Å². The Morgan fingerprint density at radius 3 is 2.82 bits per heavy atom. The second kappa shape index (κ2) is 4.67. The molecule has 0 aliphatic carbocycles. The van der Waals surface area contributed by atoms with Crippen molar-refractivity contribution in [1.82, 2.24) is 9.78 Å². The smallest absolute Gasteiger partial charge is 0.269 e. The summed E-state index contributed by atoms with van der Waals surface area (Å²) in [4.78, 5) is 11.5. The molecule has 1 aromatic heterocycles. The summed E-state index contributed by atoms with van der Waals surface area (Å²) in [5.74, 6) is -0.384. The van der Waals surface area contributed by atoms with Gasteiger partial charge in [0.2, 0.25) is 0 Å². The second-order valence-corrected chi connectivity index (χ2v) is 4.44. The SMILES string of the molecule is Nc1cnn(Cc2ccc(Br)cc2F)c(=O)c1. The number of rotatable bonds is 2. The van der Waals surface area contributed by atoms with Crippen molar-refractivity contribution in [3.05, 3.63) is 56.7 Å². The number of nitrogens with zero attached hydrogens (tertiary/aromatic N) is 2. The summed E-state index contributed by atoms with van der Waals surface area (Å²) in [6, 6.07) is 5.91. The van der Waals surface area contributed by atoms with E-state index in [2.05, 4.69) is 21.0 Å². The van der Waals surface area contributed by atoms with Crippen LogP contribution in [-0.2, 0) is 6.54 Å². The molecule has 0 radical (unpaired) electrons. The number of nitrogen functional groups attached to an aromatic ring is 1. The molecule has 0 aliphatic rings. The fourth-order valence-electron chi connectivity index (χ4n) is 1.38. The van der Waals surface area contributed by atoms with Gasteiger partial charge in [0.05, 0.1) is 18.4 Å². The predicted octanol–water partition coefficient (Wildman–Crippen LogP) is 1.78. The molecule has 0 atom stereocenters. The standard InChI is InChI=1S/C11H9BrFN3O/c12-8-2-1-7(10(13)3-8)6-16-11(17)4-9(14)5-15-16/h1-5H,6,14H2. The zero-order valence-corrected chi connectivity index (χ0v) is 10.3. The number of hydrogen-bond acceptors (Lipinski definition) is 3. The third kappa shape index (κ3) is 2.71. The molecule has 17 heavy (non-hydrogen) atoms. The van der Waals surface area contributed by atoms with Crippen molar-refractivity contribution in [2.24, 2.45) is 0 Å². The summed E-state index contributed by atoms with van der Waals surface area (Å²) in [5, 5.41) is 3.84. The molecule has 0 amide bonds. The Balaban J connectivity index is 2.35. The Morgan fingerprint density at radius 2 is 2.18 bits per heavy atom. The van der Waals surface area contributed by atoms with Crippen molar-refractivity contribution >= 4 is 21.6 Å². The highest BCUT2D eigenvalue weighted by molar-refractivity contribution is 9.10. The molecule has 2 rings (SSSR count). The normalized spacial score (nSPS) is 10.5. The summed E-state index contributed by atoms with van der Waals surface area (Å²) < 4.78 is 15.4. The van der Waals surface area contributed by atoms with Crippen LogP contribution in [0, 0.1) is 5.82 Å². The van der Waals surface area contributed by atoms with Crippen LogP contribution in [0.25, 0.3) is 0 Å². The molecular formula is C11H9BrFN3O. The maximum atomic E-state index is 13.5. The third-order valence-corrected chi connectivity index (χ3v) is 2.72. The maximum absolute atomic E-state index is 13.5. The molecule has 2 N–H and O–H groups in total. The minimum absolute atomic E-state index is 0.0816. The van der Waals surface area contributed by atoms with Crippen LogP contribution in [0.2, 0.25) is 0 Å². The van der Waals surface area contributed by atoms with Crippen molar-refractivity contribution in [2.45, 2.75) is 6.54 Å². The van der Waals surface area contributed by atoms with Gasteiger partial charge in [0.1, 0.15) is 5.82 Å². The molecule has 0 saturated carbocycles. The van der Waals surface area contributed by atoms with Crippen molar-refractivity contribution in [2.75, 3.05) is 5.73 Å². The molecule has 0 spiro atoms. The monoisotopic (exact) mass is 297 g/mol. The zero-order valence-electron chi connectivity index (χ0n) is 8.73. The third-order valence-electron chi connectivity index (χ3n) is 2.23. The molecule has 4 nitrogen and oxygen atoms in total. The fraction of sp³-hybridized carbons (Fsp3) is 0.0909. The summed E-state index contributed by atoms with van der Waals surface area (Å²) >= 11 is 3.17. The Labute approximate surface area is 105 Å². The largest absolute Gasteiger partial charge is 0.397 e. The number of aromatic nitrogens is 2. The first-order valence-corrected chi connectivity index (χ1v) is 5.62. The van der Waals surface area contributed by atoms with Crippen LogP contribution in [0.3, 0.4) is 0 Å². The number of benzene rings is 1. The molecule has 1 heterocycles. The lowest BCUT2D eigenvalue weighted by molar-refractivity contribution is 0.572. The van der Waals surface area contributed by atoms with Gasteiger partial charge in [0, 0.05) is 16.1 Å². The predicted molar refractivity (Wildman–Crippen MR) is 66.1 cm³/mol. The highest BCUT2D eigenvalue weighted by Gasteiger charge is 2.05. The first-order chi connectivity index (χ1) is 8.06. The maximum Gasteiger partial charge on any atom is 0.269 e. The van der Waals surface area contributed by atoms with Gasteiger partial charge in [-0.25, -0.2) is 9.07 Å². The average molecular weight is 298 g/mol. The Kier molecular flexibility index (Phi) is 3.23. The van der Waals surface area contributed by atoms with Gasteiger partial charge in [0.15, 0.2) is 0 Å². The molecule has 0 fully saturated rings. The van der Waals surface area contributed by atoms with E-state index in [1.54, 1.807) is 12.1 Å². The summed E-state index contributed by atoms with van der Waals surface area (Å²) in [5.41, 5.74) is 5.75. The molecule has 0 aliphatic heterocycles. The first kappa shape index (κ1) is 11.8. The minimum atomic E-state index is -0.384. The van der Waals surface area contributed by atoms with E-state index in [1.165, 1.54) is 18.3 Å². The number of anilines is 1. The van der Waals surface area contributed by atoms with E-state index < -0.39 is 0 Å². The topological polar surface area (TPSA) is 60.9 Å². The van der Waals surface area contributed by atoms with E-state index in [1.807, 2.05) is 0 Å². The Morgan fingerprint density at radius 1 is 1.41 bits per heavy atom. The van der Waals surface area contributed by atoms with Crippen molar-refractivity contribution in [3.63, 3.8) is 0 Å². The van der Waals surface area contributed by atoms with E-state index in [4.69, 9.17) is 5.73 Å². The van der Waals surface area contributed by atoms with Gasteiger partial charge in [-0.2, -0.15) is 5.10 Å². The van der Waals surface area contributed by atoms with Crippen molar-refractivity contribution < 1.29 is 4.39 Å². The van der Waals surface area contributed by atoms with E-state index in [0.717, 1.165) is 4.68 Å². The first-order valence-electron chi connectivity index (χ1n) is 4.83. The van der Waals surface area contributed by atoms with Crippen molar-refractivity contribution in [3.8, 4) is 0 Å². The average Bonchev–Trinajstić information content (AvgIpc) is 2.25. The van der Waals surface area contributed by atoms with Gasteiger partial charge in [-0.05, 0) is 12.1 Å². The minimum Gasteiger partial charge on any atom is -0.397 e. The molecule has 2 aromatic rings. The van der Waals surface area contributed by atoms with E-state index in [-0.39, 0.29) is 17.9 Å². The second-order valence-electron chi connectivity index (χ2n) is 3.52. The van der Waals surface area contributed by atoms with Crippen LogP contribution in [0.1, 0.15) is 5.56 Å². The van der Waals surface area contributed by atoms with Gasteiger partial charge in [-0.15, -0.1) is 0 Å². The number of halogens is 2. The Hall–Kier alpha value is -1.69. The van der Waals surface area contributed by atoms with E-state index >= 15 is 0 Å². The molecule has 0 saturated heterocycles. The van der Waals surface area contributed by atoms with Gasteiger partial charge in [0.25, 0.3) is 5.56 Å². The molecule has 6 heteroatoms. The lowest BCUT2D eigenvalue weighted by atomic mass is 10.2. The summed E-state index contributed by atoms with van der Waals surface area (Å²) in [6.45, 7) is 0.0816. The van der Waals surface area contributed by atoms with Crippen LogP contribution in [0.5, 0.6) is 0 Å². The van der Waals surface area contributed by atoms with Gasteiger partial charge in [-0.1, -0.05) is 22.0 Å². The summed E-state index contributed by atoms with van der Waals surface area (Å²) in [6.07, 6.45) is 1.36. The highest BCUT2D eigenvalue weighted by Crippen LogP contribution is 2.15. The fourth-order valence-corrected chi connectivity index (χ4v) is 1.71. The molecule has 88 valence electrons. The number of hydrogen-bond donors (Lipinski definition) is 1. The lowest BCUT2D eigenvalue weighted by Crippen LogP contribution is -2.23. The highest BCUT2D eigenvalue weighted by atomic mass is 79.9. The Bertz CT molecular complexity index is 612. The van der Waals surface area contributed by atoms with Crippen LogP contribution in [0.15, 0.2) is 39.7 Å². The molecule has 0 unspecified atom stereocenters. The van der Waals surface area contributed by atoms with Crippen LogP contribution in [0.4, 0.5) is 10.1 Å². The van der Waals surface area contributed by atoms with Crippen molar-refractivity contribution in [1.29, 1.82) is 0 Å². The molecular weight excluding hydrogens is 289 g/mol. The lowest BCUT2D eigenvalue weighted by Gasteiger charge is -2.06.